The Hall–Kier alpha value is -4.61. The zero-order valence-corrected chi connectivity index (χ0v) is 21.7. The second-order valence-electron chi connectivity index (χ2n) is 9.21. The van der Waals surface area contributed by atoms with Gasteiger partial charge in [-0.05, 0) is 43.5 Å². The highest BCUT2D eigenvalue weighted by atomic mass is 35.5. The van der Waals surface area contributed by atoms with E-state index in [0.29, 0.717) is 27.4 Å². The number of hydrogen-bond donors (Lipinski definition) is 3. The monoisotopic (exact) mass is 528 g/mol. The quantitative estimate of drug-likeness (QED) is 0.238. The molecular weight excluding hydrogens is 504 g/mol. The third-order valence-corrected chi connectivity index (χ3v) is 6.72. The van der Waals surface area contributed by atoms with Gasteiger partial charge in [-0.2, -0.15) is 10.4 Å². The Labute approximate surface area is 224 Å². The van der Waals surface area contributed by atoms with Crippen molar-refractivity contribution in [2.45, 2.75) is 32.3 Å². The van der Waals surface area contributed by atoms with Crippen LogP contribution in [0.2, 0.25) is 5.02 Å². The molecule has 0 aliphatic carbocycles. The Bertz CT molecular complexity index is 1520. The minimum absolute atomic E-state index is 0.0552. The van der Waals surface area contributed by atoms with Crippen LogP contribution in [0.1, 0.15) is 43.6 Å². The molecule has 0 bridgehead atoms. The zero-order valence-electron chi connectivity index (χ0n) is 20.9. The van der Waals surface area contributed by atoms with E-state index in [1.54, 1.807) is 45.0 Å². The summed E-state index contributed by atoms with van der Waals surface area (Å²) in [4.78, 5) is 24.0. The fourth-order valence-electron chi connectivity index (χ4n) is 3.94. The van der Waals surface area contributed by atoms with Crippen molar-refractivity contribution in [3.63, 3.8) is 0 Å². The van der Waals surface area contributed by atoms with Crippen LogP contribution in [0.3, 0.4) is 0 Å². The van der Waals surface area contributed by atoms with Crippen molar-refractivity contribution in [1.29, 1.82) is 5.26 Å². The van der Waals surface area contributed by atoms with E-state index in [4.69, 9.17) is 16.3 Å². The molecule has 0 aliphatic heterocycles. The molecule has 4 aromatic rings. The lowest BCUT2D eigenvalue weighted by Gasteiger charge is -2.19. The Morgan fingerprint density at radius 1 is 1.03 bits per heavy atom. The summed E-state index contributed by atoms with van der Waals surface area (Å²) in [5, 5.41) is 29.1. The van der Waals surface area contributed by atoms with Crippen molar-refractivity contribution in [1.82, 2.24) is 10.2 Å². The molecule has 38 heavy (non-hydrogen) atoms. The van der Waals surface area contributed by atoms with Crippen LogP contribution in [0.4, 0.5) is 10.6 Å². The Morgan fingerprint density at radius 2 is 1.61 bits per heavy atom. The number of nitriles is 1. The van der Waals surface area contributed by atoms with E-state index in [9.17, 15) is 20.0 Å². The first-order chi connectivity index (χ1) is 18.1. The van der Waals surface area contributed by atoms with Crippen LogP contribution < -0.4 is 5.32 Å². The number of nitrogens with one attached hydrogen (secondary N) is 2. The molecule has 3 N–H and O–H groups in total. The van der Waals surface area contributed by atoms with Gasteiger partial charge in [0.25, 0.3) is 0 Å². The molecule has 192 valence electrons. The zero-order chi connectivity index (χ0) is 27.4. The molecule has 0 saturated carbocycles. The van der Waals surface area contributed by atoms with Gasteiger partial charge in [-0.1, -0.05) is 78.3 Å². The number of carbonyl (C=O) groups excluding carboxylic acids is 1. The Morgan fingerprint density at radius 3 is 2.18 bits per heavy atom. The fraction of sp³-hybridized carbons (Fsp3) is 0.172. The first-order valence-corrected chi connectivity index (χ1v) is 12.1. The molecule has 0 spiro atoms. The molecule has 8 nitrogen and oxygen atoms in total. The molecular formula is C29H25ClN4O4. The number of nitrogens with zero attached hydrogens (tertiary/aromatic N) is 2. The molecule has 1 heterocycles. The van der Waals surface area contributed by atoms with E-state index in [1.165, 1.54) is 0 Å². The van der Waals surface area contributed by atoms with Crippen molar-refractivity contribution in [2.24, 2.45) is 0 Å². The van der Waals surface area contributed by atoms with E-state index >= 15 is 0 Å². The topological polar surface area (TPSA) is 128 Å². The van der Waals surface area contributed by atoms with Gasteiger partial charge >= 0.3 is 12.1 Å². The normalized spacial score (nSPS) is 11.9. The number of carbonyl (C=O) groups is 2. The molecule has 3 aromatic carbocycles. The summed E-state index contributed by atoms with van der Waals surface area (Å²) in [6, 6.07) is 24.0. The lowest BCUT2D eigenvalue weighted by Crippen LogP contribution is -2.28. The first kappa shape index (κ1) is 26.5. The molecule has 9 heteroatoms. The van der Waals surface area contributed by atoms with Crippen LogP contribution >= 0.6 is 11.6 Å². The highest BCUT2D eigenvalue weighted by Gasteiger charge is 2.29. The van der Waals surface area contributed by atoms with Gasteiger partial charge in [0.2, 0.25) is 0 Å². The molecule has 0 fully saturated rings. The van der Waals surface area contributed by atoms with Crippen molar-refractivity contribution in [2.75, 3.05) is 5.32 Å². The van der Waals surface area contributed by atoms with E-state index in [-0.39, 0.29) is 11.4 Å². The smallest absolute Gasteiger partial charge is 0.413 e. The minimum atomic E-state index is -0.985. The van der Waals surface area contributed by atoms with Crippen LogP contribution in [0, 0.1) is 11.3 Å². The molecule has 0 aliphatic rings. The number of halogens is 1. The van der Waals surface area contributed by atoms with Crippen molar-refractivity contribution in [3.05, 3.63) is 94.5 Å². The number of rotatable bonds is 7. The van der Waals surface area contributed by atoms with E-state index in [0.717, 1.165) is 11.1 Å². The molecule has 1 atom stereocenters. The third kappa shape index (κ3) is 5.38. The van der Waals surface area contributed by atoms with Gasteiger partial charge in [0.05, 0.1) is 11.1 Å². The number of amides is 1. The second kappa shape index (κ2) is 10.8. The summed E-state index contributed by atoms with van der Waals surface area (Å²) in [7, 11) is 0. The SMILES string of the molecule is CC(OC(=O)Nc1n[nH]c(-c2ccc(-c3ccc(C(C)(C)C(=O)O)cc3)cc2)c1C#N)c1ccccc1Cl. The maximum Gasteiger partial charge on any atom is 0.413 e. The number of H-pyrrole nitrogens is 1. The van der Waals surface area contributed by atoms with Crippen LogP contribution in [0.15, 0.2) is 72.8 Å². The number of aromatic amines is 1. The Kier molecular flexibility index (Phi) is 7.51. The standard InChI is InChI=1S/C29H25ClN4O4/c1-17(22-6-4-5-7-24(22)30)38-28(37)32-26-23(16-31)25(33-34-26)20-10-8-18(9-11-20)19-12-14-21(15-13-19)29(2,3)27(35)36/h4-15,17H,1-3H3,(H,35,36)(H2,32,33,34,37). The number of aliphatic carboxylic acids is 1. The Balaban J connectivity index is 1.49. The fourth-order valence-corrected chi connectivity index (χ4v) is 4.23. The molecule has 1 amide bonds. The summed E-state index contributed by atoms with van der Waals surface area (Å²) < 4.78 is 5.41. The second-order valence-corrected chi connectivity index (χ2v) is 9.62. The number of ether oxygens (including phenoxy) is 1. The summed E-state index contributed by atoms with van der Waals surface area (Å²) in [5.74, 6) is -0.834. The van der Waals surface area contributed by atoms with E-state index < -0.39 is 23.6 Å². The van der Waals surface area contributed by atoms with Crippen LogP contribution in [-0.4, -0.2) is 27.4 Å². The minimum Gasteiger partial charge on any atom is -0.481 e. The van der Waals surface area contributed by atoms with Crippen LogP contribution in [0.5, 0.6) is 0 Å². The van der Waals surface area contributed by atoms with Gasteiger partial charge in [-0.15, -0.1) is 0 Å². The number of anilines is 1. The van der Waals surface area contributed by atoms with Crippen molar-refractivity contribution < 1.29 is 19.4 Å². The highest BCUT2D eigenvalue weighted by molar-refractivity contribution is 6.31. The van der Waals surface area contributed by atoms with Gasteiger partial charge in [-0.25, -0.2) is 4.79 Å². The van der Waals surface area contributed by atoms with Gasteiger partial charge in [-0.3, -0.25) is 15.2 Å². The average Bonchev–Trinajstić information content (AvgIpc) is 3.31. The van der Waals surface area contributed by atoms with Crippen molar-refractivity contribution >= 4 is 29.5 Å². The predicted molar refractivity (Wildman–Crippen MR) is 145 cm³/mol. The summed E-state index contributed by atoms with van der Waals surface area (Å²) in [6.07, 6.45) is -1.37. The molecule has 1 aromatic heterocycles. The van der Waals surface area contributed by atoms with Gasteiger partial charge in [0, 0.05) is 16.1 Å². The molecule has 4 rings (SSSR count). The lowest BCUT2D eigenvalue weighted by atomic mass is 9.84. The predicted octanol–water partition coefficient (Wildman–Crippen LogP) is 6.94. The first-order valence-electron chi connectivity index (χ1n) is 11.8. The van der Waals surface area contributed by atoms with Crippen molar-refractivity contribution in [3.8, 4) is 28.5 Å². The van der Waals surface area contributed by atoms with Gasteiger partial charge < -0.3 is 9.84 Å². The summed E-state index contributed by atoms with van der Waals surface area (Å²) >= 11 is 6.17. The van der Waals surface area contributed by atoms with Crippen LogP contribution in [-0.2, 0) is 14.9 Å². The number of carboxylic acids is 1. The van der Waals surface area contributed by atoms with E-state index in [1.807, 2.05) is 48.5 Å². The molecule has 1 unspecified atom stereocenters. The average molecular weight is 529 g/mol. The highest BCUT2D eigenvalue weighted by Crippen LogP contribution is 2.31. The van der Waals surface area contributed by atoms with Gasteiger partial charge in [0.1, 0.15) is 17.7 Å². The summed E-state index contributed by atoms with van der Waals surface area (Å²) in [5.41, 5.74) is 3.54. The number of benzene rings is 3. The summed E-state index contributed by atoms with van der Waals surface area (Å²) in [6.45, 7) is 5.03. The van der Waals surface area contributed by atoms with Gasteiger partial charge in [0.15, 0.2) is 5.82 Å². The number of carboxylic acid groups (broad SMARTS) is 1. The lowest BCUT2D eigenvalue weighted by molar-refractivity contribution is -0.142. The largest absolute Gasteiger partial charge is 0.481 e. The molecule has 0 saturated heterocycles. The number of hydrogen-bond acceptors (Lipinski definition) is 5. The number of aromatic nitrogens is 2. The maximum atomic E-state index is 12.5. The maximum absolute atomic E-state index is 12.5. The van der Waals surface area contributed by atoms with E-state index in [2.05, 4.69) is 21.6 Å². The van der Waals surface area contributed by atoms with Crippen LogP contribution in [0.25, 0.3) is 22.4 Å². The molecule has 0 radical (unpaired) electrons. The third-order valence-electron chi connectivity index (χ3n) is 6.37.